The van der Waals surface area contributed by atoms with Crippen LogP contribution in [0, 0.1) is 6.92 Å². The number of para-hydroxylation sites is 1. The number of thioether (sulfide) groups is 1. The van der Waals surface area contributed by atoms with Gasteiger partial charge >= 0.3 is 0 Å². The van der Waals surface area contributed by atoms with E-state index >= 15 is 0 Å². The molecular formula is C21H23N3O4S. The highest BCUT2D eigenvalue weighted by molar-refractivity contribution is 7.99. The van der Waals surface area contributed by atoms with E-state index in [1.165, 1.54) is 11.8 Å². The van der Waals surface area contributed by atoms with Crippen LogP contribution in [0.5, 0.6) is 11.5 Å². The molecule has 0 spiro atoms. The predicted molar refractivity (Wildman–Crippen MR) is 113 cm³/mol. The topological polar surface area (TPSA) is 86.5 Å². The Balaban J connectivity index is 1.64. The maximum absolute atomic E-state index is 12.5. The highest BCUT2D eigenvalue weighted by Gasteiger charge is 2.16. The fourth-order valence-electron chi connectivity index (χ4n) is 2.57. The number of benzene rings is 2. The molecule has 0 radical (unpaired) electrons. The summed E-state index contributed by atoms with van der Waals surface area (Å²) in [5, 5.41) is 11.2. The average molecular weight is 413 g/mol. The third kappa shape index (κ3) is 5.51. The van der Waals surface area contributed by atoms with Gasteiger partial charge in [-0.1, -0.05) is 35.5 Å². The van der Waals surface area contributed by atoms with E-state index in [1.54, 1.807) is 12.1 Å². The minimum absolute atomic E-state index is 0.113. The molecule has 1 amide bonds. The number of carbonyl (C=O) groups excluding carboxylic acids is 1. The van der Waals surface area contributed by atoms with Gasteiger partial charge in [0.2, 0.25) is 11.8 Å². The molecule has 8 heteroatoms. The van der Waals surface area contributed by atoms with Gasteiger partial charge in [0, 0.05) is 5.56 Å². The summed E-state index contributed by atoms with van der Waals surface area (Å²) in [6.07, 6.45) is 0. The van der Waals surface area contributed by atoms with Crippen molar-refractivity contribution in [2.45, 2.75) is 26.0 Å². The average Bonchev–Trinajstić information content (AvgIpc) is 3.19. The largest absolute Gasteiger partial charge is 0.492 e. The Morgan fingerprint density at radius 1 is 1.03 bits per heavy atom. The highest BCUT2D eigenvalue weighted by Crippen LogP contribution is 2.35. The quantitative estimate of drug-likeness (QED) is 0.514. The van der Waals surface area contributed by atoms with E-state index in [9.17, 15) is 4.79 Å². The first-order valence-electron chi connectivity index (χ1n) is 9.32. The van der Waals surface area contributed by atoms with Crippen molar-refractivity contribution < 1.29 is 18.7 Å². The van der Waals surface area contributed by atoms with Crippen molar-refractivity contribution in [3.05, 3.63) is 48.0 Å². The molecule has 0 saturated carbocycles. The molecule has 0 saturated heterocycles. The number of ether oxygens (including phenoxy) is 2. The molecule has 1 aromatic heterocycles. The van der Waals surface area contributed by atoms with Crippen LogP contribution in [0.15, 0.2) is 52.1 Å². The van der Waals surface area contributed by atoms with Gasteiger partial charge in [0.05, 0.1) is 19.0 Å². The Bertz CT molecular complexity index is 933. The van der Waals surface area contributed by atoms with Crippen LogP contribution in [-0.2, 0) is 4.79 Å². The highest BCUT2D eigenvalue weighted by atomic mass is 32.2. The number of aromatic nitrogens is 2. The van der Waals surface area contributed by atoms with Gasteiger partial charge in [-0.3, -0.25) is 4.79 Å². The molecule has 0 atom stereocenters. The van der Waals surface area contributed by atoms with Gasteiger partial charge in [-0.25, -0.2) is 0 Å². The van der Waals surface area contributed by atoms with Crippen molar-refractivity contribution in [2.75, 3.05) is 24.3 Å². The second-order valence-electron chi connectivity index (χ2n) is 6.07. The molecule has 2 aromatic carbocycles. The summed E-state index contributed by atoms with van der Waals surface area (Å²) < 4.78 is 16.9. The summed E-state index contributed by atoms with van der Waals surface area (Å²) in [5.74, 6) is 1.44. The van der Waals surface area contributed by atoms with Crippen molar-refractivity contribution in [3.63, 3.8) is 0 Å². The number of anilines is 1. The van der Waals surface area contributed by atoms with Crippen LogP contribution >= 0.6 is 11.8 Å². The summed E-state index contributed by atoms with van der Waals surface area (Å²) in [5.41, 5.74) is 2.51. The second-order valence-corrected chi connectivity index (χ2v) is 7.00. The zero-order valence-electron chi connectivity index (χ0n) is 16.6. The van der Waals surface area contributed by atoms with E-state index in [4.69, 9.17) is 13.9 Å². The summed E-state index contributed by atoms with van der Waals surface area (Å²) in [6, 6.07) is 13.2. The van der Waals surface area contributed by atoms with Gasteiger partial charge < -0.3 is 19.2 Å². The molecule has 0 aliphatic rings. The molecule has 0 bridgehead atoms. The number of amides is 1. The minimum atomic E-state index is -0.224. The normalized spacial score (nSPS) is 10.6. The van der Waals surface area contributed by atoms with Crippen molar-refractivity contribution in [2.24, 2.45) is 0 Å². The lowest BCUT2D eigenvalue weighted by molar-refractivity contribution is -0.113. The fraction of sp³-hybridized carbons (Fsp3) is 0.286. The Labute approximate surface area is 173 Å². The molecule has 0 fully saturated rings. The SMILES string of the molecule is CCOc1cccc(OCC)c1NC(=O)CSc1nnc(-c2ccc(C)cc2)o1. The van der Waals surface area contributed by atoms with Crippen molar-refractivity contribution in [3.8, 4) is 23.0 Å². The standard InChI is InChI=1S/C21H23N3O4S/c1-4-26-16-7-6-8-17(27-5-2)19(16)22-18(25)13-29-21-24-23-20(28-21)15-11-9-14(3)10-12-15/h6-12H,4-5,13H2,1-3H3,(H,22,25). The lowest BCUT2D eigenvalue weighted by atomic mass is 10.1. The van der Waals surface area contributed by atoms with Gasteiger partial charge in [-0.05, 0) is 45.0 Å². The first-order valence-corrected chi connectivity index (χ1v) is 10.3. The van der Waals surface area contributed by atoms with Crippen molar-refractivity contribution in [1.29, 1.82) is 0 Å². The molecule has 1 N–H and O–H groups in total. The van der Waals surface area contributed by atoms with Crippen LogP contribution in [-0.4, -0.2) is 35.1 Å². The van der Waals surface area contributed by atoms with Gasteiger partial charge in [-0.15, -0.1) is 10.2 Å². The molecule has 1 heterocycles. The third-order valence-electron chi connectivity index (χ3n) is 3.88. The number of hydrogen-bond donors (Lipinski definition) is 1. The Morgan fingerprint density at radius 2 is 1.69 bits per heavy atom. The van der Waals surface area contributed by atoms with Crippen molar-refractivity contribution in [1.82, 2.24) is 10.2 Å². The summed E-state index contributed by atoms with van der Waals surface area (Å²) in [7, 11) is 0. The fourth-order valence-corrected chi connectivity index (χ4v) is 3.13. The zero-order valence-corrected chi connectivity index (χ0v) is 17.4. The van der Waals surface area contributed by atoms with E-state index in [-0.39, 0.29) is 11.7 Å². The molecule has 0 aliphatic heterocycles. The Kier molecular flexibility index (Phi) is 7.13. The number of carbonyl (C=O) groups is 1. The van der Waals surface area contributed by atoms with Crippen LogP contribution in [0.25, 0.3) is 11.5 Å². The van der Waals surface area contributed by atoms with Gasteiger partial charge in [0.25, 0.3) is 5.22 Å². The summed E-state index contributed by atoms with van der Waals surface area (Å²) in [6.45, 7) is 6.75. The lowest BCUT2D eigenvalue weighted by Crippen LogP contribution is -2.16. The zero-order chi connectivity index (χ0) is 20.6. The Hall–Kier alpha value is -3.00. The summed E-state index contributed by atoms with van der Waals surface area (Å²) >= 11 is 1.17. The number of rotatable bonds is 9. The van der Waals surface area contributed by atoms with Crippen LogP contribution < -0.4 is 14.8 Å². The maximum Gasteiger partial charge on any atom is 0.277 e. The molecule has 29 heavy (non-hydrogen) atoms. The van der Waals surface area contributed by atoms with Crippen LogP contribution in [0.3, 0.4) is 0 Å². The van der Waals surface area contributed by atoms with Gasteiger partial charge in [-0.2, -0.15) is 0 Å². The van der Waals surface area contributed by atoms with E-state index in [0.717, 1.165) is 11.1 Å². The molecular weight excluding hydrogens is 390 g/mol. The number of hydrogen-bond acceptors (Lipinski definition) is 7. The van der Waals surface area contributed by atoms with E-state index in [0.29, 0.717) is 41.5 Å². The van der Waals surface area contributed by atoms with Crippen LogP contribution in [0.1, 0.15) is 19.4 Å². The van der Waals surface area contributed by atoms with Crippen LogP contribution in [0.2, 0.25) is 0 Å². The molecule has 3 aromatic rings. The molecule has 0 aliphatic carbocycles. The smallest absolute Gasteiger partial charge is 0.277 e. The number of nitrogens with one attached hydrogen (secondary N) is 1. The lowest BCUT2D eigenvalue weighted by Gasteiger charge is -2.15. The monoisotopic (exact) mass is 413 g/mol. The molecule has 0 unspecified atom stereocenters. The number of nitrogens with zero attached hydrogens (tertiary/aromatic N) is 2. The van der Waals surface area contributed by atoms with E-state index in [1.807, 2.05) is 51.1 Å². The van der Waals surface area contributed by atoms with Crippen LogP contribution in [0.4, 0.5) is 5.69 Å². The molecule has 152 valence electrons. The molecule has 3 rings (SSSR count). The minimum Gasteiger partial charge on any atom is -0.492 e. The van der Waals surface area contributed by atoms with Gasteiger partial charge in [0.1, 0.15) is 17.2 Å². The van der Waals surface area contributed by atoms with Gasteiger partial charge in [0.15, 0.2) is 0 Å². The third-order valence-corrected chi connectivity index (χ3v) is 4.70. The van der Waals surface area contributed by atoms with E-state index in [2.05, 4.69) is 15.5 Å². The predicted octanol–water partition coefficient (Wildman–Crippen LogP) is 4.57. The first-order chi connectivity index (χ1) is 14.1. The summed E-state index contributed by atoms with van der Waals surface area (Å²) in [4.78, 5) is 12.5. The second kappa shape index (κ2) is 9.97. The first kappa shape index (κ1) is 20.7. The molecule has 7 nitrogen and oxygen atoms in total. The maximum atomic E-state index is 12.5. The Morgan fingerprint density at radius 3 is 2.31 bits per heavy atom. The van der Waals surface area contributed by atoms with E-state index < -0.39 is 0 Å². The number of aryl methyl sites for hydroxylation is 1. The van der Waals surface area contributed by atoms with Crippen molar-refractivity contribution >= 4 is 23.4 Å².